The summed E-state index contributed by atoms with van der Waals surface area (Å²) in [5.74, 6) is -0.522. The number of carbonyl (C=O) groups is 1. The zero-order chi connectivity index (χ0) is 13.1. The van der Waals surface area contributed by atoms with Gasteiger partial charge in [0.05, 0.1) is 6.61 Å². The predicted molar refractivity (Wildman–Crippen MR) is 65.4 cm³/mol. The number of rotatable bonds is 5. The molecule has 3 N–H and O–H groups in total. The van der Waals surface area contributed by atoms with Crippen molar-refractivity contribution in [1.82, 2.24) is 5.32 Å². The number of amides is 1. The van der Waals surface area contributed by atoms with Crippen LogP contribution in [0.2, 0.25) is 0 Å². The van der Waals surface area contributed by atoms with Crippen molar-refractivity contribution in [2.75, 3.05) is 13.2 Å². The minimum absolute atomic E-state index is 0.0110. The van der Waals surface area contributed by atoms with E-state index >= 15 is 0 Å². The highest BCUT2D eigenvalue weighted by atomic mass is 16.7. The lowest BCUT2D eigenvalue weighted by atomic mass is 10.00. The Morgan fingerprint density at radius 2 is 2.18 bits per heavy atom. The summed E-state index contributed by atoms with van der Waals surface area (Å²) in [6.07, 6.45) is 1.06. The second-order valence-electron chi connectivity index (χ2n) is 5.74. The second-order valence-corrected chi connectivity index (χ2v) is 5.74. The standard InChI is InChI=1S/C12H24N2O3/c1-11(2,13)6-5-10(15)14-7-9-8-16-12(3,4)17-9/h9H,5-8,13H2,1-4H3,(H,14,15). The molecule has 1 heterocycles. The first kappa shape index (κ1) is 14.4. The number of hydrogen-bond acceptors (Lipinski definition) is 4. The lowest BCUT2D eigenvalue weighted by Crippen LogP contribution is -2.37. The Kier molecular flexibility index (Phi) is 4.52. The van der Waals surface area contributed by atoms with Crippen molar-refractivity contribution in [3.05, 3.63) is 0 Å². The summed E-state index contributed by atoms with van der Waals surface area (Å²) in [7, 11) is 0. The predicted octanol–water partition coefficient (Wildman–Crippen LogP) is 0.772. The highest BCUT2D eigenvalue weighted by Crippen LogP contribution is 2.21. The Morgan fingerprint density at radius 3 is 2.65 bits per heavy atom. The van der Waals surface area contributed by atoms with Gasteiger partial charge in [-0.05, 0) is 34.1 Å². The van der Waals surface area contributed by atoms with Crippen LogP contribution in [0.5, 0.6) is 0 Å². The van der Waals surface area contributed by atoms with Crippen molar-refractivity contribution in [1.29, 1.82) is 0 Å². The van der Waals surface area contributed by atoms with Crippen molar-refractivity contribution >= 4 is 5.91 Å². The molecule has 0 saturated carbocycles. The zero-order valence-corrected chi connectivity index (χ0v) is 11.2. The van der Waals surface area contributed by atoms with Gasteiger partial charge in [-0.2, -0.15) is 0 Å². The largest absolute Gasteiger partial charge is 0.353 e. The SMILES string of the molecule is CC(C)(N)CCC(=O)NCC1COC(C)(C)O1. The molecule has 1 aliphatic rings. The fourth-order valence-electron chi connectivity index (χ4n) is 1.62. The van der Waals surface area contributed by atoms with E-state index in [-0.39, 0.29) is 17.6 Å². The molecule has 1 unspecified atom stereocenters. The van der Waals surface area contributed by atoms with Gasteiger partial charge in [0.25, 0.3) is 0 Å². The fourth-order valence-corrected chi connectivity index (χ4v) is 1.62. The maximum absolute atomic E-state index is 11.5. The molecule has 0 aliphatic carbocycles. The molecular weight excluding hydrogens is 220 g/mol. The molecule has 17 heavy (non-hydrogen) atoms. The summed E-state index contributed by atoms with van der Waals surface area (Å²) in [5.41, 5.74) is 5.51. The highest BCUT2D eigenvalue weighted by molar-refractivity contribution is 5.75. The minimum atomic E-state index is -0.533. The lowest BCUT2D eigenvalue weighted by Gasteiger charge is -2.19. The van der Waals surface area contributed by atoms with E-state index in [0.29, 0.717) is 26.0 Å². The van der Waals surface area contributed by atoms with Crippen LogP contribution in [-0.2, 0) is 14.3 Å². The van der Waals surface area contributed by atoms with Gasteiger partial charge in [0.1, 0.15) is 6.10 Å². The van der Waals surface area contributed by atoms with Crippen LogP contribution in [0.4, 0.5) is 0 Å². The molecule has 1 atom stereocenters. The average molecular weight is 244 g/mol. The number of ether oxygens (including phenoxy) is 2. The van der Waals surface area contributed by atoms with Gasteiger partial charge in [-0.25, -0.2) is 0 Å². The molecule has 0 aromatic heterocycles. The third-order valence-corrected chi connectivity index (χ3v) is 2.59. The first-order chi connectivity index (χ1) is 7.68. The van der Waals surface area contributed by atoms with Gasteiger partial charge in [0.2, 0.25) is 5.91 Å². The van der Waals surface area contributed by atoms with Crippen LogP contribution >= 0.6 is 0 Å². The van der Waals surface area contributed by atoms with E-state index in [1.165, 1.54) is 0 Å². The highest BCUT2D eigenvalue weighted by Gasteiger charge is 2.32. The van der Waals surface area contributed by atoms with Crippen molar-refractivity contribution in [2.45, 2.75) is 58.0 Å². The van der Waals surface area contributed by atoms with E-state index in [1.807, 2.05) is 27.7 Å². The third-order valence-electron chi connectivity index (χ3n) is 2.59. The van der Waals surface area contributed by atoms with Gasteiger partial charge >= 0.3 is 0 Å². The molecule has 1 rings (SSSR count). The van der Waals surface area contributed by atoms with E-state index in [9.17, 15) is 4.79 Å². The quantitative estimate of drug-likeness (QED) is 0.749. The van der Waals surface area contributed by atoms with Gasteiger partial charge in [-0.15, -0.1) is 0 Å². The van der Waals surface area contributed by atoms with Crippen molar-refractivity contribution in [3.8, 4) is 0 Å². The van der Waals surface area contributed by atoms with Crippen molar-refractivity contribution in [2.24, 2.45) is 5.73 Å². The molecule has 0 aromatic rings. The molecule has 0 radical (unpaired) electrons. The van der Waals surface area contributed by atoms with Crippen molar-refractivity contribution < 1.29 is 14.3 Å². The van der Waals surface area contributed by atoms with E-state index in [0.717, 1.165) is 0 Å². The van der Waals surface area contributed by atoms with E-state index in [1.54, 1.807) is 0 Å². The van der Waals surface area contributed by atoms with Gasteiger partial charge in [-0.1, -0.05) is 0 Å². The number of nitrogens with one attached hydrogen (secondary N) is 1. The zero-order valence-electron chi connectivity index (χ0n) is 11.2. The van der Waals surface area contributed by atoms with Gasteiger partial charge in [0.15, 0.2) is 5.79 Å². The first-order valence-corrected chi connectivity index (χ1v) is 6.05. The summed E-state index contributed by atoms with van der Waals surface area (Å²) in [4.78, 5) is 11.5. The summed E-state index contributed by atoms with van der Waals surface area (Å²) >= 11 is 0. The maximum atomic E-state index is 11.5. The third kappa shape index (κ3) is 6.00. The van der Waals surface area contributed by atoms with Crippen LogP contribution < -0.4 is 11.1 Å². The molecule has 100 valence electrons. The topological polar surface area (TPSA) is 73.6 Å². The number of nitrogens with two attached hydrogens (primary N) is 1. The lowest BCUT2D eigenvalue weighted by molar-refractivity contribution is -0.139. The normalized spacial score (nSPS) is 23.7. The van der Waals surface area contributed by atoms with Crippen LogP contribution in [-0.4, -0.2) is 36.5 Å². The molecule has 1 fully saturated rings. The maximum Gasteiger partial charge on any atom is 0.220 e. The molecule has 1 saturated heterocycles. The summed E-state index contributed by atoms with van der Waals surface area (Å²) in [5, 5.41) is 2.84. The molecule has 1 aliphatic heterocycles. The van der Waals surface area contributed by atoms with Gasteiger partial charge in [-0.3, -0.25) is 4.79 Å². The average Bonchev–Trinajstić information content (AvgIpc) is 2.51. The molecule has 5 nitrogen and oxygen atoms in total. The molecule has 0 bridgehead atoms. The Labute approximate surface area is 103 Å². The molecule has 0 aromatic carbocycles. The molecule has 5 heteroatoms. The molecule has 1 amide bonds. The van der Waals surface area contributed by atoms with Crippen LogP contribution in [0.15, 0.2) is 0 Å². The minimum Gasteiger partial charge on any atom is -0.353 e. The summed E-state index contributed by atoms with van der Waals surface area (Å²) in [6.45, 7) is 8.58. The summed E-state index contributed by atoms with van der Waals surface area (Å²) in [6, 6.07) is 0. The van der Waals surface area contributed by atoms with Gasteiger partial charge in [0, 0.05) is 18.5 Å². The van der Waals surface area contributed by atoms with Crippen molar-refractivity contribution in [3.63, 3.8) is 0 Å². The van der Waals surface area contributed by atoms with Crippen LogP contribution in [0.1, 0.15) is 40.5 Å². The van der Waals surface area contributed by atoms with Crippen LogP contribution in [0.3, 0.4) is 0 Å². The van der Waals surface area contributed by atoms with Gasteiger partial charge < -0.3 is 20.5 Å². The Bertz CT molecular complexity index is 271. The van der Waals surface area contributed by atoms with E-state index in [4.69, 9.17) is 15.2 Å². The van der Waals surface area contributed by atoms with E-state index < -0.39 is 5.79 Å². The fraction of sp³-hybridized carbons (Fsp3) is 0.917. The van der Waals surface area contributed by atoms with Crippen LogP contribution in [0, 0.1) is 0 Å². The molecular formula is C12H24N2O3. The smallest absolute Gasteiger partial charge is 0.220 e. The molecule has 0 spiro atoms. The van der Waals surface area contributed by atoms with Crippen LogP contribution in [0.25, 0.3) is 0 Å². The Hall–Kier alpha value is -0.650. The monoisotopic (exact) mass is 244 g/mol. The first-order valence-electron chi connectivity index (χ1n) is 6.05. The second kappa shape index (κ2) is 5.33. The Balaban J connectivity index is 2.17. The van der Waals surface area contributed by atoms with E-state index in [2.05, 4.69) is 5.32 Å². The number of hydrogen-bond donors (Lipinski definition) is 2. The summed E-state index contributed by atoms with van der Waals surface area (Å²) < 4.78 is 11.0. The Morgan fingerprint density at radius 1 is 1.53 bits per heavy atom. The number of carbonyl (C=O) groups excluding carboxylic acids is 1.